The van der Waals surface area contributed by atoms with Gasteiger partial charge < -0.3 is 5.32 Å². The van der Waals surface area contributed by atoms with Gasteiger partial charge in [-0.05, 0) is 31.9 Å². The van der Waals surface area contributed by atoms with Crippen molar-refractivity contribution in [3.8, 4) is 0 Å². The molecule has 0 radical (unpaired) electrons. The number of carbonyl (C=O) groups is 2. The fourth-order valence-corrected chi connectivity index (χ4v) is 3.09. The average molecular weight is 291 g/mol. The Morgan fingerprint density at radius 1 is 1.38 bits per heavy atom. The van der Waals surface area contributed by atoms with E-state index >= 15 is 0 Å². The topological polar surface area (TPSA) is 70.5 Å². The van der Waals surface area contributed by atoms with Crippen LogP contribution in [0.15, 0.2) is 12.4 Å². The number of imide groups is 1. The van der Waals surface area contributed by atoms with Crippen LogP contribution < -0.4 is 5.32 Å². The van der Waals surface area contributed by atoms with Crippen molar-refractivity contribution in [2.45, 2.75) is 32.4 Å². The molecule has 1 N–H and O–H groups in total. The monoisotopic (exact) mass is 291 g/mol. The van der Waals surface area contributed by atoms with E-state index in [-0.39, 0.29) is 18.5 Å². The highest BCUT2D eigenvalue weighted by Gasteiger charge is 2.30. The maximum absolute atomic E-state index is 11.6. The molecular formula is C14H21N5O2. The van der Waals surface area contributed by atoms with Crippen molar-refractivity contribution in [2.75, 3.05) is 26.2 Å². The minimum atomic E-state index is -0.265. The summed E-state index contributed by atoms with van der Waals surface area (Å²) in [5.74, 6) is -0.126. The average Bonchev–Trinajstić information content (AvgIpc) is 3.13. The molecule has 2 fully saturated rings. The van der Waals surface area contributed by atoms with E-state index in [0.717, 1.165) is 32.5 Å². The summed E-state index contributed by atoms with van der Waals surface area (Å²) in [6, 6.07) is 0.170. The van der Waals surface area contributed by atoms with Gasteiger partial charge in [-0.2, -0.15) is 5.10 Å². The number of hydrogen-bond acceptors (Lipinski definition) is 4. The first-order valence-corrected chi connectivity index (χ1v) is 7.45. The van der Waals surface area contributed by atoms with Crippen LogP contribution in [0, 0.1) is 6.92 Å². The Morgan fingerprint density at radius 3 is 2.90 bits per heavy atom. The van der Waals surface area contributed by atoms with Gasteiger partial charge in [0.25, 0.3) is 0 Å². The van der Waals surface area contributed by atoms with E-state index in [9.17, 15) is 9.59 Å². The lowest BCUT2D eigenvalue weighted by Crippen LogP contribution is -2.41. The van der Waals surface area contributed by atoms with Gasteiger partial charge in [-0.1, -0.05) is 0 Å². The molecule has 2 aliphatic rings. The van der Waals surface area contributed by atoms with Gasteiger partial charge in [0.2, 0.25) is 5.91 Å². The van der Waals surface area contributed by atoms with Crippen LogP contribution >= 0.6 is 0 Å². The van der Waals surface area contributed by atoms with Gasteiger partial charge in [0, 0.05) is 25.3 Å². The number of carbonyl (C=O) groups excluding carboxylic acids is 2. The lowest BCUT2D eigenvalue weighted by atomic mass is 10.2. The van der Waals surface area contributed by atoms with Crippen LogP contribution in [0.2, 0.25) is 0 Å². The number of aryl methyl sites for hydroxylation is 1. The first kappa shape index (κ1) is 14.1. The third-order valence-electron chi connectivity index (χ3n) is 4.21. The number of urea groups is 1. The zero-order chi connectivity index (χ0) is 14.8. The minimum absolute atomic E-state index is 0.126. The molecule has 0 bridgehead atoms. The van der Waals surface area contributed by atoms with E-state index in [0.29, 0.717) is 12.6 Å². The van der Waals surface area contributed by atoms with Crippen molar-refractivity contribution in [2.24, 2.45) is 0 Å². The summed E-state index contributed by atoms with van der Waals surface area (Å²) < 4.78 is 1.98. The molecule has 1 aromatic rings. The van der Waals surface area contributed by atoms with E-state index in [2.05, 4.69) is 15.3 Å². The van der Waals surface area contributed by atoms with Crippen molar-refractivity contribution in [3.63, 3.8) is 0 Å². The molecule has 0 aromatic carbocycles. The second-order valence-corrected chi connectivity index (χ2v) is 5.78. The number of rotatable bonds is 5. The Hall–Kier alpha value is -1.89. The summed E-state index contributed by atoms with van der Waals surface area (Å²) in [7, 11) is 0. The van der Waals surface area contributed by atoms with Crippen LogP contribution in [0.25, 0.3) is 0 Å². The van der Waals surface area contributed by atoms with Crippen LogP contribution in [0.3, 0.4) is 0 Å². The van der Waals surface area contributed by atoms with Crippen LogP contribution in [-0.4, -0.2) is 63.7 Å². The van der Waals surface area contributed by atoms with Crippen molar-refractivity contribution in [1.29, 1.82) is 0 Å². The predicted molar refractivity (Wildman–Crippen MR) is 76.7 cm³/mol. The SMILES string of the molecule is Cc1cnn(C[C@@H]2CCCN2CCN2C(=O)CNC2=O)c1. The lowest BCUT2D eigenvalue weighted by Gasteiger charge is -2.26. The van der Waals surface area contributed by atoms with Crippen LogP contribution in [-0.2, 0) is 11.3 Å². The third-order valence-corrected chi connectivity index (χ3v) is 4.21. The first-order valence-electron chi connectivity index (χ1n) is 7.45. The highest BCUT2D eigenvalue weighted by molar-refractivity contribution is 6.01. The molecule has 21 heavy (non-hydrogen) atoms. The molecule has 0 aliphatic carbocycles. The Bertz CT molecular complexity index is 525. The van der Waals surface area contributed by atoms with Crippen LogP contribution in [0.5, 0.6) is 0 Å². The van der Waals surface area contributed by atoms with Gasteiger partial charge in [-0.25, -0.2) is 4.79 Å². The quantitative estimate of drug-likeness (QED) is 0.787. The number of hydrogen-bond donors (Lipinski definition) is 1. The van der Waals surface area contributed by atoms with Crippen molar-refractivity contribution < 1.29 is 9.59 Å². The molecule has 2 saturated heterocycles. The molecule has 0 saturated carbocycles. The number of aromatic nitrogens is 2. The summed E-state index contributed by atoms with van der Waals surface area (Å²) in [5.41, 5.74) is 1.17. The predicted octanol–water partition coefficient (Wildman–Crippen LogP) is 0.208. The summed E-state index contributed by atoms with van der Waals surface area (Å²) >= 11 is 0. The minimum Gasteiger partial charge on any atom is -0.329 e. The summed E-state index contributed by atoms with van der Waals surface area (Å²) in [5, 5.41) is 6.89. The van der Waals surface area contributed by atoms with Crippen molar-refractivity contribution >= 4 is 11.9 Å². The molecule has 3 heterocycles. The third kappa shape index (κ3) is 3.07. The molecule has 1 aromatic heterocycles. The van der Waals surface area contributed by atoms with Crippen LogP contribution in [0.1, 0.15) is 18.4 Å². The molecular weight excluding hydrogens is 270 g/mol. The summed E-state index contributed by atoms with van der Waals surface area (Å²) in [4.78, 5) is 26.8. The van der Waals surface area contributed by atoms with E-state index in [1.807, 2.05) is 24.0 Å². The normalized spacial score (nSPS) is 23.1. The highest BCUT2D eigenvalue weighted by atomic mass is 16.2. The van der Waals surface area contributed by atoms with Crippen molar-refractivity contribution in [1.82, 2.24) is 24.9 Å². The van der Waals surface area contributed by atoms with E-state index < -0.39 is 0 Å². The Kier molecular flexibility index (Phi) is 3.92. The smallest absolute Gasteiger partial charge is 0.324 e. The Morgan fingerprint density at radius 2 is 2.24 bits per heavy atom. The largest absolute Gasteiger partial charge is 0.329 e. The lowest BCUT2D eigenvalue weighted by molar-refractivity contribution is -0.125. The maximum Gasteiger partial charge on any atom is 0.324 e. The zero-order valence-corrected chi connectivity index (χ0v) is 12.3. The number of amides is 3. The highest BCUT2D eigenvalue weighted by Crippen LogP contribution is 2.18. The first-order chi connectivity index (χ1) is 10.1. The van der Waals surface area contributed by atoms with Gasteiger partial charge in [0.15, 0.2) is 0 Å². The molecule has 0 spiro atoms. The fourth-order valence-electron chi connectivity index (χ4n) is 3.09. The Labute approximate surface area is 123 Å². The second kappa shape index (κ2) is 5.85. The van der Waals surface area contributed by atoms with Crippen molar-refractivity contribution in [3.05, 3.63) is 18.0 Å². The van der Waals surface area contributed by atoms with Gasteiger partial charge in [-0.3, -0.25) is 19.3 Å². The second-order valence-electron chi connectivity index (χ2n) is 5.78. The Balaban J connectivity index is 1.54. The van der Waals surface area contributed by atoms with Crippen LogP contribution in [0.4, 0.5) is 4.79 Å². The molecule has 114 valence electrons. The molecule has 1 atom stereocenters. The zero-order valence-electron chi connectivity index (χ0n) is 12.3. The van der Waals surface area contributed by atoms with Gasteiger partial charge in [0.05, 0.1) is 19.3 Å². The van der Waals surface area contributed by atoms with Gasteiger partial charge in [0.1, 0.15) is 0 Å². The molecule has 2 aliphatic heterocycles. The summed E-state index contributed by atoms with van der Waals surface area (Å²) in [6.07, 6.45) is 6.21. The molecule has 7 nitrogen and oxygen atoms in total. The standard InChI is InChI=1S/C14H21N5O2/c1-11-7-16-18(9-11)10-12-3-2-4-17(12)5-6-19-13(20)8-15-14(19)21/h7,9,12H,2-6,8,10H2,1H3,(H,15,21)/t12-/m0/s1. The number of likely N-dealkylation sites (tertiary alicyclic amines) is 1. The fraction of sp³-hybridized carbons (Fsp3) is 0.643. The molecule has 3 rings (SSSR count). The van der Waals surface area contributed by atoms with E-state index in [1.165, 1.54) is 10.5 Å². The molecule has 3 amide bonds. The number of nitrogens with zero attached hydrogens (tertiary/aromatic N) is 4. The van der Waals surface area contributed by atoms with E-state index in [1.54, 1.807) is 0 Å². The maximum atomic E-state index is 11.6. The number of nitrogens with one attached hydrogen (secondary N) is 1. The van der Waals surface area contributed by atoms with Gasteiger partial charge in [-0.15, -0.1) is 0 Å². The van der Waals surface area contributed by atoms with Gasteiger partial charge >= 0.3 is 6.03 Å². The van der Waals surface area contributed by atoms with E-state index in [4.69, 9.17) is 0 Å². The summed E-state index contributed by atoms with van der Waals surface area (Å²) in [6.45, 7) is 5.27. The molecule has 0 unspecified atom stereocenters. The molecule has 7 heteroatoms.